The van der Waals surface area contributed by atoms with Crippen LogP contribution < -0.4 is 0 Å². The van der Waals surface area contributed by atoms with Crippen LogP contribution in [0.1, 0.15) is 24.0 Å². The van der Waals surface area contributed by atoms with E-state index in [2.05, 4.69) is 28.1 Å². The number of aliphatic hydroxyl groups is 1. The van der Waals surface area contributed by atoms with Crippen LogP contribution >= 0.6 is 27.5 Å². The Kier molecular flexibility index (Phi) is 5.03. The quantitative estimate of drug-likeness (QED) is 0.847. The first-order valence-electron chi connectivity index (χ1n) is 6.24. The largest absolute Gasteiger partial charge is 0.393 e. The molecule has 0 heterocycles. The van der Waals surface area contributed by atoms with Crippen molar-refractivity contribution >= 4 is 27.5 Å². The average molecular weight is 340 g/mol. The Balaban J connectivity index is 2.23. The Labute approximate surface area is 127 Å². The summed E-state index contributed by atoms with van der Waals surface area (Å²) in [5.41, 5.74) is 2.31. The van der Waals surface area contributed by atoms with Gasteiger partial charge in [-0.05, 0) is 48.7 Å². The second-order valence-electron chi connectivity index (χ2n) is 4.73. The molecule has 0 aliphatic carbocycles. The minimum atomic E-state index is -0.398. The Morgan fingerprint density at radius 1 is 1.16 bits per heavy atom. The van der Waals surface area contributed by atoms with Crippen molar-refractivity contribution in [3.8, 4) is 0 Å². The van der Waals surface area contributed by atoms with E-state index in [0.29, 0.717) is 0 Å². The Hall–Kier alpha value is -0.830. The monoisotopic (exact) mass is 338 g/mol. The standard InChI is InChI=1S/C16H16BrClO/c1-11(19)16(13-3-2-4-14(17)10-13)9-12-5-7-15(18)8-6-12/h2-8,10-11,16,19H,9H2,1H3/t11-,16-/m0/s1. The van der Waals surface area contributed by atoms with Crippen LogP contribution in [0.4, 0.5) is 0 Å². The first-order chi connectivity index (χ1) is 9.06. The number of aliphatic hydroxyl groups excluding tert-OH is 1. The molecule has 0 bridgehead atoms. The lowest BCUT2D eigenvalue weighted by molar-refractivity contribution is 0.161. The van der Waals surface area contributed by atoms with E-state index in [1.807, 2.05) is 43.3 Å². The van der Waals surface area contributed by atoms with E-state index >= 15 is 0 Å². The summed E-state index contributed by atoms with van der Waals surface area (Å²) in [4.78, 5) is 0. The maximum Gasteiger partial charge on any atom is 0.0583 e. The highest BCUT2D eigenvalue weighted by atomic mass is 79.9. The molecule has 0 aliphatic heterocycles. The van der Waals surface area contributed by atoms with Gasteiger partial charge in [0, 0.05) is 15.4 Å². The summed E-state index contributed by atoms with van der Waals surface area (Å²) in [6.07, 6.45) is 0.399. The zero-order valence-corrected chi connectivity index (χ0v) is 13.0. The van der Waals surface area contributed by atoms with E-state index in [4.69, 9.17) is 11.6 Å². The molecule has 0 saturated carbocycles. The van der Waals surface area contributed by atoms with Gasteiger partial charge in [0.25, 0.3) is 0 Å². The lowest BCUT2D eigenvalue weighted by atomic mass is 9.88. The molecule has 2 aromatic carbocycles. The normalized spacial score (nSPS) is 14.1. The molecule has 0 fully saturated rings. The van der Waals surface area contributed by atoms with E-state index in [1.54, 1.807) is 0 Å². The number of halogens is 2. The van der Waals surface area contributed by atoms with Gasteiger partial charge in [-0.25, -0.2) is 0 Å². The fourth-order valence-corrected chi connectivity index (χ4v) is 2.72. The molecule has 0 saturated heterocycles. The lowest BCUT2D eigenvalue weighted by Crippen LogP contribution is -2.17. The molecular weight excluding hydrogens is 324 g/mol. The van der Waals surface area contributed by atoms with Gasteiger partial charge >= 0.3 is 0 Å². The number of hydrogen-bond donors (Lipinski definition) is 1. The molecule has 19 heavy (non-hydrogen) atoms. The molecule has 0 aromatic heterocycles. The van der Waals surface area contributed by atoms with Gasteiger partial charge in [0.1, 0.15) is 0 Å². The molecule has 2 aromatic rings. The van der Waals surface area contributed by atoms with Crippen LogP contribution in [-0.4, -0.2) is 11.2 Å². The second-order valence-corrected chi connectivity index (χ2v) is 6.08. The van der Waals surface area contributed by atoms with E-state index < -0.39 is 6.10 Å². The highest BCUT2D eigenvalue weighted by Gasteiger charge is 2.18. The van der Waals surface area contributed by atoms with Crippen molar-refractivity contribution in [3.63, 3.8) is 0 Å². The lowest BCUT2D eigenvalue weighted by Gasteiger charge is -2.21. The highest BCUT2D eigenvalue weighted by molar-refractivity contribution is 9.10. The van der Waals surface area contributed by atoms with E-state index in [-0.39, 0.29) is 5.92 Å². The highest BCUT2D eigenvalue weighted by Crippen LogP contribution is 2.27. The van der Waals surface area contributed by atoms with Gasteiger partial charge in [0.05, 0.1) is 6.10 Å². The second kappa shape index (κ2) is 6.56. The molecule has 0 spiro atoms. The van der Waals surface area contributed by atoms with E-state index in [0.717, 1.165) is 21.5 Å². The number of hydrogen-bond acceptors (Lipinski definition) is 1. The first-order valence-corrected chi connectivity index (χ1v) is 7.41. The summed E-state index contributed by atoms with van der Waals surface area (Å²) in [6, 6.07) is 15.9. The smallest absolute Gasteiger partial charge is 0.0583 e. The van der Waals surface area contributed by atoms with Crippen LogP contribution in [-0.2, 0) is 6.42 Å². The van der Waals surface area contributed by atoms with Crippen LogP contribution in [0.5, 0.6) is 0 Å². The van der Waals surface area contributed by atoms with Crippen LogP contribution in [0.15, 0.2) is 53.0 Å². The van der Waals surface area contributed by atoms with Crippen molar-refractivity contribution in [2.45, 2.75) is 25.4 Å². The minimum absolute atomic E-state index is 0.0821. The third-order valence-electron chi connectivity index (χ3n) is 3.23. The van der Waals surface area contributed by atoms with Crippen molar-refractivity contribution in [1.82, 2.24) is 0 Å². The van der Waals surface area contributed by atoms with Crippen molar-refractivity contribution in [2.24, 2.45) is 0 Å². The van der Waals surface area contributed by atoms with Gasteiger partial charge < -0.3 is 5.11 Å². The summed E-state index contributed by atoms with van der Waals surface area (Å²) >= 11 is 9.37. The molecule has 0 unspecified atom stereocenters. The molecule has 1 nitrogen and oxygen atoms in total. The predicted octanol–water partition coefficient (Wildman–Crippen LogP) is 4.81. The summed E-state index contributed by atoms with van der Waals surface area (Å²) < 4.78 is 1.03. The predicted molar refractivity (Wildman–Crippen MR) is 83.7 cm³/mol. The Morgan fingerprint density at radius 2 is 1.84 bits per heavy atom. The fraction of sp³-hybridized carbons (Fsp3) is 0.250. The van der Waals surface area contributed by atoms with Crippen molar-refractivity contribution in [2.75, 3.05) is 0 Å². The SMILES string of the molecule is C[C@H](O)[C@H](Cc1ccc(Cl)cc1)c1cccc(Br)c1. The fourth-order valence-electron chi connectivity index (χ4n) is 2.18. The van der Waals surface area contributed by atoms with Gasteiger partial charge in [0.15, 0.2) is 0 Å². The topological polar surface area (TPSA) is 20.2 Å². The van der Waals surface area contributed by atoms with Gasteiger partial charge in [-0.1, -0.05) is 51.8 Å². The van der Waals surface area contributed by atoms with Crippen LogP contribution in [0.25, 0.3) is 0 Å². The maximum absolute atomic E-state index is 10.0. The van der Waals surface area contributed by atoms with Crippen molar-refractivity contribution in [3.05, 3.63) is 69.2 Å². The van der Waals surface area contributed by atoms with Crippen molar-refractivity contribution in [1.29, 1.82) is 0 Å². The summed E-state index contributed by atoms with van der Waals surface area (Å²) in [6.45, 7) is 1.83. The Morgan fingerprint density at radius 3 is 2.42 bits per heavy atom. The van der Waals surface area contributed by atoms with E-state index in [1.165, 1.54) is 5.56 Å². The van der Waals surface area contributed by atoms with Crippen molar-refractivity contribution < 1.29 is 5.11 Å². The number of benzene rings is 2. The summed E-state index contributed by atoms with van der Waals surface area (Å²) in [5.74, 6) is 0.0821. The average Bonchev–Trinajstić information content (AvgIpc) is 2.37. The molecule has 0 amide bonds. The first kappa shape index (κ1) is 14.6. The molecular formula is C16H16BrClO. The van der Waals surface area contributed by atoms with Gasteiger partial charge in [-0.2, -0.15) is 0 Å². The van der Waals surface area contributed by atoms with Crippen LogP contribution in [0, 0.1) is 0 Å². The summed E-state index contributed by atoms with van der Waals surface area (Å²) in [7, 11) is 0. The van der Waals surface area contributed by atoms with Gasteiger partial charge in [0.2, 0.25) is 0 Å². The molecule has 2 atom stereocenters. The minimum Gasteiger partial charge on any atom is -0.393 e. The third-order valence-corrected chi connectivity index (χ3v) is 3.97. The molecule has 0 aliphatic rings. The summed E-state index contributed by atoms with van der Waals surface area (Å²) in [5, 5.41) is 10.8. The molecule has 100 valence electrons. The van der Waals surface area contributed by atoms with Crippen LogP contribution in [0.2, 0.25) is 5.02 Å². The molecule has 0 radical (unpaired) electrons. The zero-order chi connectivity index (χ0) is 13.8. The van der Waals surface area contributed by atoms with Crippen LogP contribution in [0.3, 0.4) is 0 Å². The molecule has 3 heteroatoms. The van der Waals surface area contributed by atoms with Gasteiger partial charge in [-0.3, -0.25) is 0 Å². The maximum atomic E-state index is 10.0. The zero-order valence-electron chi connectivity index (χ0n) is 10.7. The third kappa shape index (κ3) is 4.07. The van der Waals surface area contributed by atoms with Gasteiger partial charge in [-0.15, -0.1) is 0 Å². The molecule has 2 rings (SSSR count). The Bertz CT molecular complexity index is 537. The number of rotatable bonds is 4. The van der Waals surface area contributed by atoms with E-state index in [9.17, 15) is 5.11 Å². The molecule has 1 N–H and O–H groups in total.